The first-order valence-corrected chi connectivity index (χ1v) is 8.95. The molecule has 0 amide bonds. The first-order valence-electron chi connectivity index (χ1n) is 8.95. The molecule has 1 heterocycles. The summed E-state index contributed by atoms with van der Waals surface area (Å²) in [5, 5.41) is 3.60. The van der Waals surface area contributed by atoms with Gasteiger partial charge in [-0.25, -0.2) is 0 Å². The van der Waals surface area contributed by atoms with E-state index in [-0.39, 0.29) is 0 Å². The van der Waals surface area contributed by atoms with Gasteiger partial charge in [0.2, 0.25) is 0 Å². The Labute approximate surface area is 131 Å². The maximum absolute atomic E-state index is 5.61. The molecule has 1 aliphatic carbocycles. The molecule has 21 heavy (non-hydrogen) atoms. The standard InChI is InChI=1S/C18H36N2O/c1-5-19-14-18(10-12-21-13-11-18)15-20(4)16-6-8-17(2,3)9-7-16/h16,19H,5-15H2,1-4H3. The van der Waals surface area contributed by atoms with Crippen LogP contribution in [0.1, 0.15) is 59.3 Å². The van der Waals surface area contributed by atoms with Gasteiger partial charge in [-0.1, -0.05) is 20.8 Å². The number of nitrogens with one attached hydrogen (secondary N) is 1. The summed E-state index contributed by atoms with van der Waals surface area (Å²) in [6, 6.07) is 0.791. The van der Waals surface area contributed by atoms with E-state index in [1.165, 1.54) is 45.1 Å². The molecule has 3 heteroatoms. The van der Waals surface area contributed by atoms with E-state index >= 15 is 0 Å². The Balaban J connectivity index is 1.90. The van der Waals surface area contributed by atoms with Crippen molar-refractivity contribution in [2.24, 2.45) is 10.8 Å². The maximum atomic E-state index is 5.61. The molecule has 0 aromatic carbocycles. The summed E-state index contributed by atoms with van der Waals surface area (Å²) in [7, 11) is 2.35. The SMILES string of the molecule is CCNCC1(CN(C)C2CCC(C)(C)CC2)CCOCC1. The van der Waals surface area contributed by atoms with E-state index in [2.05, 4.69) is 38.0 Å². The maximum Gasteiger partial charge on any atom is 0.0472 e. The number of rotatable bonds is 6. The quantitative estimate of drug-likeness (QED) is 0.814. The Morgan fingerprint density at radius 2 is 1.71 bits per heavy atom. The fourth-order valence-corrected chi connectivity index (χ4v) is 4.07. The number of nitrogens with zero attached hydrogens (tertiary/aromatic N) is 1. The first-order chi connectivity index (χ1) is 9.96. The molecule has 0 unspecified atom stereocenters. The molecule has 1 saturated carbocycles. The molecule has 3 nitrogen and oxygen atoms in total. The van der Waals surface area contributed by atoms with Crippen LogP contribution in [0.5, 0.6) is 0 Å². The van der Waals surface area contributed by atoms with Crippen LogP contribution >= 0.6 is 0 Å². The van der Waals surface area contributed by atoms with Crippen molar-refractivity contribution in [1.29, 1.82) is 0 Å². The summed E-state index contributed by atoms with van der Waals surface area (Å²) in [5.74, 6) is 0. The summed E-state index contributed by atoms with van der Waals surface area (Å²) in [6.07, 6.45) is 7.93. The topological polar surface area (TPSA) is 24.5 Å². The summed E-state index contributed by atoms with van der Waals surface area (Å²) < 4.78 is 5.61. The molecule has 2 aliphatic rings. The van der Waals surface area contributed by atoms with Crippen LogP contribution in [0.4, 0.5) is 0 Å². The second-order valence-electron chi connectivity index (χ2n) is 8.20. The van der Waals surface area contributed by atoms with Gasteiger partial charge in [0, 0.05) is 32.3 Å². The van der Waals surface area contributed by atoms with E-state index < -0.39 is 0 Å². The third kappa shape index (κ3) is 4.94. The van der Waals surface area contributed by atoms with Gasteiger partial charge in [0.1, 0.15) is 0 Å². The van der Waals surface area contributed by atoms with Crippen LogP contribution < -0.4 is 5.32 Å². The van der Waals surface area contributed by atoms with Gasteiger partial charge >= 0.3 is 0 Å². The minimum absolute atomic E-state index is 0.427. The molecule has 2 fully saturated rings. The summed E-state index contributed by atoms with van der Waals surface area (Å²) in [6.45, 7) is 12.4. The van der Waals surface area contributed by atoms with E-state index in [1.54, 1.807) is 0 Å². The van der Waals surface area contributed by atoms with Crippen molar-refractivity contribution in [3.05, 3.63) is 0 Å². The van der Waals surface area contributed by atoms with Gasteiger partial charge in [0.25, 0.3) is 0 Å². The van der Waals surface area contributed by atoms with E-state index in [9.17, 15) is 0 Å². The Morgan fingerprint density at radius 3 is 2.29 bits per heavy atom. The molecule has 1 aliphatic heterocycles. The molecule has 124 valence electrons. The molecule has 1 N–H and O–H groups in total. The predicted octanol–water partition coefficient (Wildman–Crippen LogP) is 3.29. The van der Waals surface area contributed by atoms with E-state index in [4.69, 9.17) is 4.74 Å². The summed E-state index contributed by atoms with van der Waals surface area (Å²) in [5.41, 5.74) is 0.993. The minimum Gasteiger partial charge on any atom is -0.381 e. The largest absolute Gasteiger partial charge is 0.381 e. The lowest BCUT2D eigenvalue weighted by molar-refractivity contribution is -0.0120. The van der Waals surface area contributed by atoms with E-state index in [1.807, 2.05) is 0 Å². The lowest BCUT2D eigenvalue weighted by Crippen LogP contribution is -2.49. The smallest absolute Gasteiger partial charge is 0.0472 e. The van der Waals surface area contributed by atoms with Gasteiger partial charge in [-0.05, 0) is 62.9 Å². The van der Waals surface area contributed by atoms with Crippen molar-refractivity contribution < 1.29 is 4.74 Å². The predicted molar refractivity (Wildman–Crippen MR) is 89.7 cm³/mol. The lowest BCUT2D eigenvalue weighted by Gasteiger charge is -2.45. The molecule has 0 bridgehead atoms. The highest BCUT2D eigenvalue weighted by Gasteiger charge is 2.36. The number of hydrogen-bond donors (Lipinski definition) is 1. The molecule has 0 aromatic rings. The molecular formula is C18H36N2O. The average molecular weight is 296 g/mol. The molecule has 2 rings (SSSR count). The van der Waals surface area contributed by atoms with Crippen molar-refractivity contribution in [2.75, 3.05) is 39.9 Å². The molecular weight excluding hydrogens is 260 g/mol. The highest BCUT2D eigenvalue weighted by molar-refractivity contribution is 4.90. The fourth-order valence-electron chi connectivity index (χ4n) is 4.07. The van der Waals surface area contributed by atoms with Crippen molar-refractivity contribution in [2.45, 2.75) is 65.3 Å². The monoisotopic (exact) mass is 296 g/mol. The third-order valence-electron chi connectivity index (χ3n) is 5.82. The zero-order valence-corrected chi connectivity index (χ0v) is 14.7. The first kappa shape index (κ1) is 17.2. The van der Waals surface area contributed by atoms with Crippen molar-refractivity contribution in [3.8, 4) is 0 Å². The van der Waals surface area contributed by atoms with Crippen LogP contribution in [0.15, 0.2) is 0 Å². The van der Waals surface area contributed by atoms with E-state index in [0.717, 1.165) is 32.3 Å². The second kappa shape index (κ2) is 7.43. The van der Waals surface area contributed by atoms with Gasteiger partial charge in [-0.3, -0.25) is 0 Å². The Morgan fingerprint density at radius 1 is 1.10 bits per heavy atom. The average Bonchev–Trinajstić information content (AvgIpc) is 2.46. The van der Waals surface area contributed by atoms with Crippen LogP contribution in [-0.4, -0.2) is 50.8 Å². The zero-order chi connectivity index (χ0) is 15.3. The number of ether oxygens (including phenoxy) is 1. The van der Waals surface area contributed by atoms with Crippen LogP contribution in [0.25, 0.3) is 0 Å². The molecule has 0 radical (unpaired) electrons. The lowest BCUT2D eigenvalue weighted by atomic mass is 9.74. The summed E-state index contributed by atoms with van der Waals surface area (Å²) in [4.78, 5) is 2.66. The Hall–Kier alpha value is -0.120. The molecule has 0 aromatic heterocycles. The normalized spacial score (nSPS) is 26.1. The molecule has 1 saturated heterocycles. The van der Waals surface area contributed by atoms with Crippen molar-refractivity contribution in [1.82, 2.24) is 10.2 Å². The second-order valence-corrected chi connectivity index (χ2v) is 8.20. The van der Waals surface area contributed by atoms with Crippen molar-refractivity contribution in [3.63, 3.8) is 0 Å². The van der Waals surface area contributed by atoms with Crippen molar-refractivity contribution >= 4 is 0 Å². The van der Waals surface area contributed by atoms with Crippen LogP contribution in [0, 0.1) is 10.8 Å². The van der Waals surface area contributed by atoms with E-state index in [0.29, 0.717) is 10.8 Å². The van der Waals surface area contributed by atoms with Crippen LogP contribution in [-0.2, 0) is 4.74 Å². The Bertz CT molecular complexity index is 300. The fraction of sp³-hybridized carbons (Fsp3) is 1.00. The zero-order valence-electron chi connectivity index (χ0n) is 14.7. The van der Waals surface area contributed by atoms with Gasteiger partial charge in [-0.2, -0.15) is 0 Å². The molecule has 0 spiro atoms. The summed E-state index contributed by atoms with van der Waals surface area (Å²) >= 11 is 0. The molecule has 0 atom stereocenters. The third-order valence-corrected chi connectivity index (χ3v) is 5.82. The van der Waals surface area contributed by atoms with Gasteiger partial charge in [0.05, 0.1) is 0 Å². The Kier molecular flexibility index (Phi) is 6.10. The van der Waals surface area contributed by atoms with Gasteiger partial charge in [-0.15, -0.1) is 0 Å². The van der Waals surface area contributed by atoms with Gasteiger partial charge in [0.15, 0.2) is 0 Å². The van der Waals surface area contributed by atoms with Crippen LogP contribution in [0.3, 0.4) is 0 Å². The highest BCUT2D eigenvalue weighted by Crippen LogP contribution is 2.38. The van der Waals surface area contributed by atoms with Crippen LogP contribution in [0.2, 0.25) is 0 Å². The highest BCUT2D eigenvalue weighted by atomic mass is 16.5. The number of hydrogen-bond acceptors (Lipinski definition) is 3. The van der Waals surface area contributed by atoms with Gasteiger partial charge < -0.3 is 15.0 Å². The minimum atomic E-state index is 0.427.